The molecule has 2 aliphatic heterocycles. The molecule has 1 aromatic carbocycles. The van der Waals surface area contributed by atoms with Crippen molar-refractivity contribution in [1.82, 2.24) is 14.5 Å². The van der Waals surface area contributed by atoms with E-state index in [1.807, 2.05) is 24.4 Å². The Morgan fingerprint density at radius 2 is 1.85 bits per heavy atom. The molecule has 0 radical (unpaired) electrons. The molecule has 0 unspecified atom stereocenters. The van der Waals surface area contributed by atoms with Gasteiger partial charge in [0.2, 0.25) is 11.8 Å². The first kappa shape index (κ1) is 17.9. The van der Waals surface area contributed by atoms with Gasteiger partial charge in [0, 0.05) is 37.2 Å². The van der Waals surface area contributed by atoms with E-state index in [2.05, 4.69) is 16.5 Å². The molecule has 0 saturated carbocycles. The van der Waals surface area contributed by atoms with Crippen LogP contribution >= 0.6 is 11.8 Å². The fourth-order valence-corrected chi connectivity index (χ4v) is 4.28. The highest BCUT2D eigenvalue weighted by atomic mass is 32.2. The zero-order chi connectivity index (χ0) is 18.8. The topological polar surface area (TPSA) is 73.7 Å². The van der Waals surface area contributed by atoms with Gasteiger partial charge in [-0.2, -0.15) is 0 Å². The molecule has 1 aromatic heterocycles. The zero-order valence-electron chi connectivity index (χ0n) is 15.1. The van der Waals surface area contributed by atoms with Crippen LogP contribution in [0.25, 0.3) is 11.3 Å². The van der Waals surface area contributed by atoms with Crippen LogP contribution in [0.5, 0.6) is 11.5 Å². The highest BCUT2D eigenvalue weighted by Gasteiger charge is 2.28. The first-order valence-corrected chi connectivity index (χ1v) is 10.1. The second kappa shape index (κ2) is 7.64. The fourth-order valence-electron chi connectivity index (χ4n) is 3.31. The van der Waals surface area contributed by atoms with Crippen molar-refractivity contribution >= 4 is 23.6 Å². The van der Waals surface area contributed by atoms with E-state index < -0.39 is 0 Å². The van der Waals surface area contributed by atoms with Crippen molar-refractivity contribution in [3.8, 4) is 22.8 Å². The van der Waals surface area contributed by atoms with Crippen LogP contribution in [0, 0.1) is 0 Å². The van der Waals surface area contributed by atoms with E-state index >= 15 is 0 Å². The van der Waals surface area contributed by atoms with Gasteiger partial charge in [-0.15, -0.1) is 0 Å². The number of carbonyl (C=O) groups excluding carboxylic acids is 2. The number of benzene rings is 1. The summed E-state index contributed by atoms with van der Waals surface area (Å²) < 4.78 is 13.4. The number of fused-ring (bicyclic) bond motifs is 1. The summed E-state index contributed by atoms with van der Waals surface area (Å²) in [6.45, 7) is 4.40. The largest absolute Gasteiger partial charge is 0.486 e. The van der Waals surface area contributed by atoms with Crippen LogP contribution in [0.3, 0.4) is 0 Å². The number of rotatable bonds is 6. The van der Waals surface area contributed by atoms with Crippen molar-refractivity contribution < 1.29 is 19.1 Å². The highest BCUT2D eigenvalue weighted by molar-refractivity contribution is 7.99. The molecule has 27 heavy (non-hydrogen) atoms. The molecule has 0 aliphatic carbocycles. The predicted molar refractivity (Wildman–Crippen MR) is 101 cm³/mol. The number of amides is 2. The van der Waals surface area contributed by atoms with Gasteiger partial charge in [0.15, 0.2) is 16.7 Å². The van der Waals surface area contributed by atoms with Crippen LogP contribution in [0.1, 0.15) is 19.8 Å². The predicted octanol–water partition coefficient (Wildman–Crippen LogP) is 2.58. The third-order valence-corrected chi connectivity index (χ3v) is 5.64. The quantitative estimate of drug-likeness (QED) is 0.560. The first-order valence-electron chi connectivity index (χ1n) is 9.09. The molecule has 8 heteroatoms. The first-order chi connectivity index (χ1) is 13.2. The van der Waals surface area contributed by atoms with Crippen molar-refractivity contribution in [3.63, 3.8) is 0 Å². The Hall–Kier alpha value is -2.48. The summed E-state index contributed by atoms with van der Waals surface area (Å²) >= 11 is 1.56. The molecule has 142 valence electrons. The third-order valence-electron chi connectivity index (χ3n) is 4.67. The van der Waals surface area contributed by atoms with E-state index in [0.29, 0.717) is 38.4 Å². The van der Waals surface area contributed by atoms with Crippen molar-refractivity contribution in [2.75, 3.05) is 25.5 Å². The number of thioether (sulfide) groups is 1. The number of imide groups is 1. The molecule has 2 aliphatic rings. The van der Waals surface area contributed by atoms with Crippen molar-refractivity contribution in [2.24, 2.45) is 0 Å². The Bertz CT molecular complexity index is 864. The van der Waals surface area contributed by atoms with Gasteiger partial charge >= 0.3 is 0 Å². The van der Waals surface area contributed by atoms with Crippen LogP contribution < -0.4 is 9.47 Å². The molecule has 2 aromatic rings. The third kappa shape index (κ3) is 3.53. The van der Waals surface area contributed by atoms with E-state index in [1.54, 1.807) is 11.8 Å². The standard InChI is InChI=1S/C19H21N3O4S/c1-2-21-14(13-3-4-15-16(11-13)26-9-8-25-15)12-20-19(21)27-10-7-22-17(23)5-6-18(22)24/h3-4,11-12H,2,5-10H2,1H3. The molecule has 0 bridgehead atoms. The second-order valence-electron chi connectivity index (χ2n) is 6.32. The average Bonchev–Trinajstić information content (AvgIpc) is 3.25. The van der Waals surface area contributed by atoms with Gasteiger partial charge in [-0.1, -0.05) is 11.8 Å². The summed E-state index contributed by atoms with van der Waals surface area (Å²) in [6.07, 6.45) is 2.52. The minimum Gasteiger partial charge on any atom is -0.486 e. The SMILES string of the molecule is CCn1c(-c2ccc3c(c2)OCCO3)cnc1SCCN1C(=O)CCC1=O. The van der Waals surface area contributed by atoms with Gasteiger partial charge < -0.3 is 14.0 Å². The Labute approximate surface area is 161 Å². The number of likely N-dealkylation sites (tertiary alicyclic amines) is 1. The van der Waals surface area contributed by atoms with Crippen LogP contribution in [0.15, 0.2) is 29.6 Å². The molecule has 1 fully saturated rings. The normalized spacial score (nSPS) is 16.3. The molecule has 1 saturated heterocycles. The molecule has 4 rings (SSSR count). The van der Waals surface area contributed by atoms with Gasteiger partial charge in [0.1, 0.15) is 13.2 Å². The summed E-state index contributed by atoms with van der Waals surface area (Å²) in [7, 11) is 0. The Morgan fingerprint density at radius 1 is 1.11 bits per heavy atom. The minimum absolute atomic E-state index is 0.0728. The molecular weight excluding hydrogens is 366 g/mol. The lowest BCUT2D eigenvalue weighted by Crippen LogP contribution is -2.31. The van der Waals surface area contributed by atoms with E-state index in [-0.39, 0.29) is 11.8 Å². The summed E-state index contributed by atoms with van der Waals surface area (Å²) in [6, 6.07) is 5.91. The van der Waals surface area contributed by atoms with Gasteiger partial charge in [0.25, 0.3) is 0 Å². The molecular formula is C19H21N3O4S. The van der Waals surface area contributed by atoms with Gasteiger partial charge in [-0.25, -0.2) is 4.98 Å². The van der Waals surface area contributed by atoms with Crippen molar-refractivity contribution in [3.05, 3.63) is 24.4 Å². The lowest BCUT2D eigenvalue weighted by Gasteiger charge is -2.19. The van der Waals surface area contributed by atoms with E-state index in [9.17, 15) is 9.59 Å². The number of carbonyl (C=O) groups is 2. The molecule has 3 heterocycles. The number of aromatic nitrogens is 2. The maximum Gasteiger partial charge on any atom is 0.229 e. The molecule has 2 amide bonds. The van der Waals surface area contributed by atoms with Gasteiger partial charge in [-0.05, 0) is 25.1 Å². The molecule has 0 N–H and O–H groups in total. The van der Waals surface area contributed by atoms with E-state index in [4.69, 9.17) is 9.47 Å². The van der Waals surface area contributed by atoms with Gasteiger partial charge in [-0.3, -0.25) is 14.5 Å². The maximum absolute atomic E-state index is 11.7. The molecule has 7 nitrogen and oxygen atoms in total. The van der Waals surface area contributed by atoms with Crippen molar-refractivity contribution in [1.29, 1.82) is 0 Å². The Kier molecular flexibility index (Phi) is 5.07. The number of hydrogen-bond acceptors (Lipinski definition) is 6. The average molecular weight is 387 g/mol. The number of ether oxygens (including phenoxy) is 2. The maximum atomic E-state index is 11.7. The lowest BCUT2D eigenvalue weighted by molar-refractivity contribution is -0.137. The summed E-state index contributed by atoms with van der Waals surface area (Å²) in [4.78, 5) is 29.3. The minimum atomic E-state index is -0.0728. The smallest absolute Gasteiger partial charge is 0.229 e. The van der Waals surface area contributed by atoms with Crippen molar-refractivity contribution in [2.45, 2.75) is 31.5 Å². The van der Waals surface area contributed by atoms with Gasteiger partial charge in [0.05, 0.1) is 11.9 Å². The summed E-state index contributed by atoms with van der Waals surface area (Å²) in [5, 5.41) is 0.876. The number of hydrogen-bond donors (Lipinski definition) is 0. The summed E-state index contributed by atoms with van der Waals surface area (Å²) in [5.41, 5.74) is 2.02. The van der Waals surface area contributed by atoms with Crippen LogP contribution in [-0.4, -0.2) is 51.8 Å². The monoisotopic (exact) mass is 387 g/mol. The lowest BCUT2D eigenvalue weighted by atomic mass is 10.1. The highest BCUT2D eigenvalue weighted by Crippen LogP contribution is 2.35. The van der Waals surface area contributed by atoms with E-state index in [1.165, 1.54) is 4.90 Å². The van der Waals surface area contributed by atoms with Crippen LogP contribution in [0.2, 0.25) is 0 Å². The summed E-state index contributed by atoms with van der Waals surface area (Å²) in [5.74, 6) is 2.01. The Morgan fingerprint density at radius 3 is 2.59 bits per heavy atom. The molecule has 0 spiro atoms. The Balaban J connectivity index is 1.49. The van der Waals surface area contributed by atoms with E-state index in [0.717, 1.165) is 34.5 Å². The molecule has 0 atom stereocenters. The number of imidazole rings is 1. The van der Waals surface area contributed by atoms with Crippen LogP contribution in [0.4, 0.5) is 0 Å². The number of nitrogens with zero attached hydrogens (tertiary/aromatic N) is 3. The zero-order valence-corrected chi connectivity index (χ0v) is 16.0. The fraction of sp³-hybridized carbons (Fsp3) is 0.421. The second-order valence-corrected chi connectivity index (χ2v) is 7.38. The van der Waals surface area contributed by atoms with Crippen LogP contribution in [-0.2, 0) is 16.1 Å².